The SMILES string of the molecule is O=CC1=C(O)C2(CC2)n2c(ccc2-c2ccccc2)C1=O. The summed E-state index contributed by atoms with van der Waals surface area (Å²) >= 11 is 0. The van der Waals surface area contributed by atoms with Crippen LogP contribution in [0, 0.1) is 0 Å². The molecule has 4 heteroatoms. The lowest BCUT2D eigenvalue weighted by Crippen LogP contribution is -2.32. The smallest absolute Gasteiger partial charge is 0.216 e. The first-order valence-electron chi connectivity index (χ1n) is 6.90. The summed E-state index contributed by atoms with van der Waals surface area (Å²) in [6, 6.07) is 13.4. The number of aliphatic hydroxyl groups excluding tert-OH is 1. The third kappa shape index (κ3) is 1.44. The van der Waals surface area contributed by atoms with Crippen LogP contribution < -0.4 is 0 Å². The second-order valence-corrected chi connectivity index (χ2v) is 5.55. The molecule has 1 N–H and O–H groups in total. The Morgan fingerprint density at radius 2 is 1.71 bits per heavy atom. The van der Waals surface area contributed by atoms with E-state index in [2.05, 4.69) is 0 Å². The number of benzene rings is 1. The number of aliphatic hydroxyl groups is 1. The second kappa shape index (κ2) is 3.95. The molecule has 4 nitrogen and oxygen atoms in total. The molecule has 21 heavy (non-hydrogen) atoms. The van der Waals surface area contributed by atoms with Crippen molar-refractivity contribution in [2.24, 2.45) is 0 Å². The number of hydrogen-bond donors (Lipinski definition) is 1. The first kappa shape index (κ1) is 12.1. The number of Topliss-reactive ketones (excluding diaryl/α,β-unsaturated/α-hetero) is 1. The van der Waals surface area contributed by atoms with E-state index in [0.29, 0.717) is 12.0 Å². The number of nitrogens with zero attached hydrogens (tertiary/aromatic N) is 1. The third-order valence-corrected chi connectivity index (χ3v) is 4.39. The molecule has 0 bridgehead atoms. The average molecular weight is 279 g/mol. The Kier molecular flexibility index (Phi) is 2.28. The van der Waals surface area contributed by atoms with E-state index in [1.165, 1.54) is 0 Å². The molecule has 104 valence electrons. The molecule has 1 fully saturated rings. The van der Waals surface area contributed by atoms with Gasteiger partial charge in [-0.05, 0) is 30.5 Å². The van der Waals surface area contributed by atoms with Gasteiger partial charge in [0.25, 0.3) is 0 Å². The molecule has 2 heterocycles. The highest BCUT2D eigenvalue weighted by molar-refractivity contribution is 6.21. The van der Waals surface area contributed by atoms with Gasteiger partial charge in [0.2, 0.25) is 5.78 Å². The number of rotatable bonds is 2. The van der Waals surface area contributed by atoms with E-state index in [-0.39, 0.29) is 11.3 Å². The van der Waals surface area contributed by atoms with Crippen molar-refractivity contribution in [2.45, 2.75) is 18.4 Å². The summed E-state index contributed by atoms with van der Waals surface area (Å²) in [4.78, 5) is 23.5. The van der Waals surface area contributed by atoms with Crippen LogP contribution in [-0.4, -0.2) is 21.7 Å². The fourth-order valence-electron chi connectivity index (χ4n) is 3.20. The maximum absolute atomic E-state index is 12.3. The van der Waals surface area contributed by atoms with Crippen LogP contribution in [0.15, 0.2) is 53.8 Å². The minimum atomic E-state index is -0.603. The average Bonchev–Trinajstić information content (AvgIpc) is 3.18. The predicted molar refractivity (Wildman–Crippen MR) is 77.1 cm³/mol. The van der Waals surface area contributed by atoms with E-state index in [1.807, 2.05) is 41.0 Å². The number of carbonyl (C=O) groups is 2. The van der Waals surface area contributed by atoms with E-state index >= 15 is 0 Å². The van der Waals surface area contributed by atoms with Crippen molar-refractivity contribution in [1.82, 2.24) is 4.57 Å². The van der Waals surface area contributed by atoms with E-state index in [0.717, 1.165) is 24.1 Å². The Hall–Kier alpha value is -2.62. The van der Waals surface area contributed by atoms with Crippen LogP contribution in [0.5, 0.6) is 0 Å². The fraction of sp³-hybridized carbons (Fsp3) is 0.176. The maximum Gasteiger partial charge on any atom is 0.216 e. The van der Waals surface area contributed by atoms with Crippen LogP contribution in [0.2, 0.25) is 0 Å². The van der Waals surface area contributed by atoms with Crippen molar-refractivity contribution in [3.63, 3.8) is 0 Å². The minimum absolute atomic E-state index is 0.0802. The van der Waals surface area contributed by atoms with E-state index < -0.39 is 11.3 Å². The molecule has 0 saturated heterocycles. The quantitative estimate of drug-likeness (QED) is 0.679. The molecule has 0 radical (unpaired) electrons. The molecule has 2 aliphatic rings. The molecule has 4 rings (SSSR count). The van der Waals surface area contributed by atoms with Gasteiger partial charge in [0.05, 0.1) is 5.69 Å². The molecule has 0 unspecified atom stereocenters. The molecular formula is C17H13NO3. The molecule has 1 saturated carbocycles. The summed E-state index contributed by atoms with van der Waals surface area (Å²) in [5.74, 6) is -0.481. The highest BCUT2D eigenvalue weighted by atomic mass is 16.3. The molecule has 2 aromatic rings. The molecule has 0 amide bonds. The standard InChI is InChI=1S/C17H13NO3/c19-10-12-15(20)14-7-6-13(11-4-2-1-3-5-11)18(14)17(8-9-17)16(12)21/h1-7,10,21H,8-9H2. The number of fused-ring (bicyclic) bond motifs is 2. The van der Waals surface area contributed by atoms with Crippen molar-refractivity contribution >= 4 is 12.1 Å². The van der Waals surface area contributed by atoms with Gasteiger partial charge in [-0.1, -0.05) is 30.3 Å². The zero-order chi connectivity index (χ0) is 14.6. The van der Waals surface area contributed by atoms with Gasteiger partial charge in [-0.25, -0.2) is 0 Å². The minimum Gasteiger partial charge on any atom is -0.509 e. The van der Waals surface area contributed by atoms with Crippen molar-refractivity contribution in [2.75, 3.05) is 0 Å². The van der Waals surface area contributed by atoms with Crippen LogP contribution in [0.25, 0.3) is 11.3 Å². The molecule has 1 aromatic carbocycles. The van der Waals surface area contributed by atoms with Gasteiger partial charge in [0, 0.05) is 5.69 Å². The first-order chi connectivity index (χ1) is 10.2. The third-order valence-electron chi connectivity index (χ3n) is 4.39. The topological polar surface area (TPSA) is 59.3 Å². The van der Waals surface area contributed by atoms with Gasteiger partial charge in [0.1, 0.15) is 16.9 Å². The summed E-state index contributed by atoms with van der Waals surface area (Å²) < 4.78 is 1.90. The Morgan fingerprint density at radius 1 is 1.05 bits per heavy atom. The molecule has 1 spiro atoms. The monoisotopic (exact) mass is 279 g/mol. The molecule has 1 aliphatic heterocycles. The Balaban J connectivity index is 1.99. The highest BCUT2D eigenvalue weighted by Gasteiger charge is 2.55. The van der Waals surface area contributed by atoms with Crippen molar-refractivity contribution in [1.29, 1.82) is 0 Å². The van der Waals surface area contributed by atoms with Crippen molar-refractivity contribution in [3.05, 3.63) is 59.5 Å². The second-order valence-electron chi connectivity index (χ2n) is 5.55. The maximum atomic E-state index is 12.3. The largest absolute Gasteiger partial charge is 0.509 e. The zero-order valence-electron chi connectivity index (χ0n) is 11.2. The zero-order valence-corrected chi connectivity index (χ0v) is 11.2. The number of aromatic nitrogens is 1. The summed E-state index contributed by atoms with van der Waals surface area (Å²) in [7, 11) is 0. The fourth-order valence-corrected chi connectivity index (χ4v) is 3.20. The van der Waals surface area contributed by atoms with Crippen LogP contribution >= 0.6 is 0 Å². The molecule has 1 aromatic heterocycles. The molecular weight excluding hydrogens is 266 g/mol. The van der Waals surface area contributed by atoms with Gasteiger partial charge in [0.15, 0.2) is 6.29 Å². The van der Waals surface area contributed by atoms with E-state index in [9.17, 15) is 14.7 Å². The number of aldehydes is 1. The summed E-state index contributed by atoms with van der Waals surface area (Å²) in [6.07, 6.45) is 1.95. The lowest BCUT2D eigenvalue weighted by Gasteiger charge is -2.28. The lowest BCUT2D eigenvalue weighted by molar-refractivity contribution is -0.104. The van der Waals surface area contributed by atoms with E-state index in [1.54, 1.807) is 6.07 Å². The Morgan fingerprint density at radius 3 is 2.33 bits per heavy atom. The van der Waals surface area contributed by atoms with Gasteiger partial charge in [-0.15, -0.1) is 0 Å². The van der Waals surface area contributed by atoms with Crippen LogP contribution in [0.1, 0.15) is 23.3 Å². The summed E-state index contributed by atoms with van der Waals surface area (Å²) in [6.45, 7) is 0. The van der Waals surface area contributed by atoms with Crippen molar-refractivity contribution in [3.8, 4) is 11.3 Å². The van der Waals surface area contributed by atoms with Gasteiger partial charge >= 0.3 is 0 Å². The van der Waals surface area contributed by atoms with Crippen molar-refractivity contribution < 1.29 is 14.7 Å². The van der Waals surface area contributed by atoms with Gasteiger partial charge < -0.3 is 9.67 Å². The van der Waals surface area contributed by atoms with Crippen LogP contribution in [-0.2, 0) is 10.3 Å². The molecule has 1 aliphatic carbocycles. The predicted octanol–water partition coefficient (Wildman–Crippen LogP) is 2.85. The summed E-state index contributed by atoms with van der Waals surface area (Å²) in [5.41, 5.74) is 1.66. The van der Waals surface area contributed by atoms with Crippen LogP contribution in [0.3, 0.4) is 0 Å². The first-order valence-corrected chi connectivity index (χ1v) is 6.90. The Bertz CT molecular complexity index is 795. The number of allylic oxidation sites excluding steroid dienone is 2. The van der Waals surface area contributed by atoms with Gasteiger partial charge in [-0.2, -0.15) is 0 Å². The highest BCUT2D eigenvalue weighted by Crippen LogP contribution is 2.54. The normalized spacial score (nSPS) is 18.8. The number of carbonyl (C=O) groups excluding carboxylic acids is 2. The number of ketones is 1. The molecule has 0 atom stereocenters. The van der Waals surface area contributed by atoms with Crippen LogP contribution in [0.4, 0.5) is 0 Å². The van der Waals surface area contributed by atoms with Gasteiger partial charge in [-0.3, -0.25) is 9.59 Å². The Labute approximate surface area is 121 Å². The number of hydrogen-bond acceptors (Lipinski definition) is 3. The summed E-state index contributed by atoms with van der Waals surface area (Å²) in [5, 5.41) is 10.4. The lowest BCUT2D eigenvalue weighted by atomic mass is 9.97. The van der Waals surface area contributed by atoms with E-state index in [4.69, 9.17) is 0 Å².